The first-order valence-corrected chi connectivity index (χ1v) is 6.50. The van der Waals surface area contributed by atoms with E-state index in [4.69, 9.17) is 10.6 Å². The third kappa shape index (κ3) is 2.94. The lowest BCUT2D eigenvalue weighted by Crippen LogP contribution is -2.29. The van der Waals surface area contributed by atoms with Crippen LogP contribution in [0.5, 0.6) is 5.75 Å². The van der Waals surface area contributed by atoms with Crippen LogP contribution in [0.15, 0.2) is 36.7 Å². The molecule has 0 fully saturated rings. The molecule has 0 saturated heterocycles. The predicted octanol–water partition coefficient (Wildman–Crippen LogP) is 1.85. The number of benzene rings is 1. The van der Waals surface area contributed by atoms with Gasteiger partial charge in [0.25, 0.3) is 0 Å². The fourth-order valence-corrected chi connectivity index (χ4v) is 2.07. The van der Waals surface area contributed by atoms with E-state index in [1.807, 2.05) is 48.3 Å². The van der Waals surface area contributed by atoms with Gasteiger partial charge in [0.05, 0.1) is 18.8 Å². The summed E-state index contributed by atoms with van der Waals surface area (Å²) in [4.78, 5) is 0. The van der Waals surface area contributed by atoms with Crippen molar-refractivity contribution in [2.24, 2.45) is 5.84 Å². The van der Waals surface area contributed by atoms with E-state index < -0.39 is 0 Å². The minimum absolute atomic E-state index is 0.122. The summed E-state index contributed by atoms with van der Waals surface area (Å²) < 4.78 is 7.53. The maximum Gasteiger partial charge on any atom is 0.124 e. The van der Waals surface area contributed by atoms with Gasteiger partial charge in [0.2, 0.25) is 0 Å². The van der Waals surface area contributed by atoms with Crippen LogP contribution in [0.25, 0.3) is 0 Å². The number of aryl methyl sites for hydroxylation is 1. The monoisotopic (exact) mass is 260 g/mol. The number of hydrogen-bond donors (Lipinski definition) is 2. The molecule has 1 heterocycles. The SMILES string of the molecule is CCOc1ccccc1C(NN)c1cnn(CC)c1. The van der Waals surface area contributed by atoms with Crippen molar-refractivity contribution in [3.8, 4) is 5.75 Å². The molecule has 5 heteroatoms. The highest BCUT2D eigenvalue weighted by molar-refractivity contribution is 5.40. The minimum atomic E-state index is -0.122. The summed E-state index contributed by atoms with van der Waals surface area (Å²) in [6.45, 7) is 5.49. The Hall–Kier alpha value is -1.85. The Morgan fingerprint density at radius 2 is 2.16 bits per heavy atom. The molecule has 1 aromatic carbocycles. The quantitative estimate of drug-likeness (QED) is 0.614. The number of ether oxygens (including phenoxy) is 1. The Kier molecular flexibility index (Phi) is 4.54. The molecule has 0 amide bonds. The topological polar surface area (TPSA) is 65.1 Å². The van der Waals surface area contributed by atoms with E-state index in [-0.39, 0.29) is 6.04 Å². The van der Waals surface area contributed by atoms with Crippen molar-refractivity contribution in [1.29, 1.82) is 0 Å². The van der Waals surface area contributed by atoms with Crippen LogP contribution in [0.4, 0.5) is 0 Å². The first-order valence-electron chi connectivity index (χ1n) is 6.50. The average molecular weight is 260 g/mol. The van der Waals surface area contributed by atoms with E-state index in [0.29, 0.717) is 6.61 Å². The third-order valence-electron chi connectivity index (χ3n) is 3.01. The van der Waals surface area contributed by atoms with Gasteiger partial charge in [-0.1, -0.05) is 18.2 Å². The molecule has 1 aromatic heterocycles. The lowest BCUT2D eigenvalue weighted by atomic mass is 10.0. The minimum Gasteiger partial charge on any atom is -0.494 e. The predicted molar refractivity (Wildman–Crippen MR) is 74.7 cm³/mol. The van der Waals surface area contributed by atoms with Crippen LogP contribution in [0, 0.1) is 0 Å². The van der Waals surface area contributed by atoms with Gasteiger partial charge in [0.1, 0.15) is 5.75 Å². The van der Waals surface area contributed by atoms with Gasteiger partial charge < -0.3 is 4.74 Å². The normalized spacial score (nSPS) is 12.4. The van der Waals surface area contributed by atoms with E-state index in [9.17, 15) is 0 Å². The fraction of sp³-hybridized carbons (Fsp3) is 0.357. The van der Waals surface area contributed by atoms with Crippen LogP contribution in [0.2, 0.25) is 0 Å². The lowest BCUT2D eigenvalue weighted by molar-refractivity contribution is 0.333. The number of nitrogens with one attached hydrogen (secondary N) is 1. The van der Waals surface area contributed by atoms with Crippen LogP contribution >= 0.6 is 0 Å². The van der Waals surface area contributed by atoms with Crippen molar-refractivity contribution < 1.29 is 4.74 Å². The van der Waals surface area contributed by atoms with Gasteiger partial charge in [-0.25, -0.2) is 5.43 Å². The molecule has 1 atom stereocenters. The van der Waals surface area contributed by atoms with E-state index in [1.54, 1.807) is 0 Å². The number of hydrogen-bond acceptors (Lipinski definition) is 4. The van der Waals surface area contributed by atoms with Gasteiger partial charge in [-0.2, -0.15) is 5.10 Å². The zero-order chi connectivity index (χ0) is 13.7. The number of para-hydroxylation sites is 1. The summed E-state index contributed by atoms with van der Waals surface area (Å²) in [5.74, 6) is 6.55. The van der Waals surface area contributed by atoms with Crippen LogP contribution in [0.3, 0.4) is 0 Å². The Balaban J connectivity index is 2.36. The van der Waals surface area contributed by atoms with Gasteiger partial charge in [-0.3, -0.25) is 10.5 Å². The Labute approximate surface area is 113 Å². The Morgan fingerprint density at radius 3 is 2.79 bits per heavy atom. The Morgan fingerprint density at radius 1 is 1.37 bits per heavy atom. The van der Waals surface area contributed by atoms with Gasteiger partial charge in [0, 0.05) is 23.9 Å². The van der Waals surface area contributed by atoms with Crippen molar-refractivity contribution >= 4 is 0 Å². The largest absolute Gasteiger partial charge is 0.494 e. The van der Waals surface area contributed by atoms with Gasteiger partial charge in [-0.05, 0) is 19.9 Å². The third-order valence-corrected chi connectivity index (χ3v) is 3.01. The summed E-state index contributed by atoms with van der Waals surface area (Å²) in [7, 11) is 0. The number of rotatable bonds is 6. The van der Waals surface area contributed by atoms with E-state index in [1.165, 1.54) is 0 Å². The summed E-state index contributed by atoms with van der Waals surface area (Å²) in [5, 5.41) is 4.28. The zero-order valence-corrected chi connectivity index (χ0v) is 11.3. The lowest BCUT2D eigenvalue weighted by Gasteiger charge is -2.18. The molecule has 1 unspecified atom stereocenters. The zero-order valence-electron chi connectivity index (χ0n) is 11.3. The molecule has 0 aliphatic carbocycles. The second kappa shape index (κ2) is 6.36. The number of nitrogens with two attached hydrogens (primary N) is 1. The van der Waals surface area contributed by atoms with E-state index in [0.717, 1.165) is 23.4 Å². The smallest absolute Gasteiger partial charge is 0.124 e. The number of hydrazine groups is 1. The molecule has 0 radical (unpaired) electrons. The molecular weight excluding hydrogens is 240 g/mol. The summed E-state index contributed by atoms with van der Waals surface area (Å²) in [6, 6.07) is 7.78. The summed E-state index contributed by atoms with van der Waals surface area (Å²) in [6.07, 6.45) is 3.82. The summed E-state index contributed by atoms with van der Waals surface area (Å²) in [5.41, 5.74) is 4.88. The summed E-state index contributed by atoms with van der Waals surface area (Å²) >= 11 is 0. The van der Waals surface area contributed by atoms with Crippen molar-refractivity contribution in [3.63, 3.8) is 0 Å². The first kappa shape index (κ1) is 13.6. The molecule has 102 valence electrons. The number of nitrogens with zero attached hydrogens (tertiary/aromatic N) is 2. The Bertz CT molecular complexity index is 524. The molecule has 5 nitrogen and oxygen atoms in total. The van der Waals surface area contributed by atoms with Crippen LogP contribution in [-0.4, -0.2) is 16.4 Å². The maximum absolute atomic E-state index is 5.71. The second-order valence-electron chi connectivity index (χ2n) is 4.20. The highest BCUT2D eigenvalue weighted by Crippen LogP contribution is 2.29. The van der Waals surface area contributed by atoms with Crippen molar-refractivity contribution in [1.82, 2.24) is 15.2 Å². The maximum atomic E-state index is 5.71. The van der Waals surface area contributed by atoms with Crippen molar-refractivity contribution in [3.05, 3.63) is 47.8 Å². The fourth-order valence-electron chi connectivity index (χ4n) is 2.07. The highest BCUT2D eigenvalue weighted by atomic mass is 16.5. The first-order chi connectivity index (χ1) is 9.30. The van der Waals surface area contributed by atoms with Crippen molar-refractivity contribution in [2.45, 2.75) is 26.4 Å². The highest BCUT2D eigenvalue weighted by Gasteiger charge is 2.18. The van der Waals surface area contributed by atoms with E-state index >= 15 is 0 Å². The van der Waals surface area contributed by atoms with Gasteiger partial charge in [-0.15, -0.1) is 0 Å². The van der Waals surface area contributed by atoms with E-state index in [2.05, 4.69) is 17.4 Å². The average Bonchev–Trinajstić information content (AvgIpc) is 2.91. The number of aromatic nitrogens is 2. The molecular formula is C14H20N4O. The molecule has 0 bridgehead atoms. The standard InChI is InChI=1S/C14H20N4O/c1-3-18-10-11(9-16-18)14(17-15)12-7-5-6-8-13(12)19-4-2/h5-10,14,17H,3-4,15H2,1-2H3. The molecule has 19 heavy (non-hydrogen) atoms. The second-order valence-corrected chi connectivity index (χ2v) is 4.20. The molecule has 2 rings (SSSR count). The molecule has 0 spiro atoms. The van der Waals surface area contributed by atoms with Crippen LogP contribution < -0.4 is 16.0 Å². The van der Waals surface area contributed by atoms with Gasteiger partial charge in [0.15, 0.2) is 0 Å². The molecule has 0 aliphatic rings. The molecule has 0 aliphatic heterocycles. The molecule has 2 aromatic rings. The van der Waals surface area contributed by atoms with Crippen LogP contribution in [0.1, 0.15) is 31.0 Å². The van der Waals surface area contributed by atoms with Gasteiger partial charge >= 0.3 is 0 Å². The molecule has 0 saturated carbocycles. The van der Waals surface area contributed by atoms with Crippen LogP contribution in [-0.2, 0) is 6.54 Å². The van der Waals surface area contributed by atoms with Crippen molar-refractivity contribution in [2.75, 3.05) is 6.61 Å². The molecule has 3 N–H and O–H groups in total.